The van der Waals surface area contributed by atoms with Crippen LogP contribution in [0.5, 0.6) is 0 Å². The number of aliphatic hydroxyl groups excluding tert-OH is 1. The molecule has 4 heteroatoms. The molecule has 1 aromatic rings. The quantitative estimate of drug-likeness (QED) is 0.342. The molecule has 0 aliphatic rings. The number of nitrogens with two attached hydrogens (primary N) is 2. The van der Waals surface area contributed by atoms with Gasteiger partial charge in [-0.05, 0) is 31.5 Å². The second-order valence-electron chi connectivity index (χ2n) is 3.03. The Morgan fingerprint density at radius 2 is 2.07 bits per heavy atom. The molecule has 5 N–H and O–H groups in total. The van der Waals surface area contributed by atoms with Crippen molar-refractivity contribution in [1.82, 2.24) is 0 Å². The molecule has 0 atom stereocenters. The van der Waals surface area contributed by atoms with Crippen molar-refractivity contribution in [2.75, 3.05) is 5.73 Å². The SMILES string of the molecule is C/C(O)=C(/N)C#N.Cc1cccc(N)c1. The van der Waals surface area contributed by atoms with Crippen molar-refractivity contribution in [2.24, 2.45) is 5.73 Å². The zero-order chi connectivity index (χ0) is 11.8. The standard InChI is InChI=1S/C7H9N.C4H6N2O/c1-6-3-2-4-7(8)5-6;1-3(7)4(6)2-5/h2-5H,8H2,1H3;7H,6H2,1H3/b;4-3-. The van der Waals surface area contributed by atoms with E-state index in [2.05, 4.69) is 0 Å². The van der Waals surface area contributed by atoms with Crippen LogP contribution in [0, 0.1) is 18.3 Å². The number of benzene rings is 1. The van der Waals surface area contributed by atoms with Crippen LogP contribution in [0.1, 0.15) is 12.5 Å². The third-order valence-electron chi connectivity index (χ3n) is 1.55. The van der Waals surface area contributed by atoms with E-state index in [4.69, 9.17) is 21.8 Å². The average molecular weight is 205 g/mol. The molecule has 0 heterocycles. The lowest BCUT2D eigenvalue weighted by molar-refractivity contribution is 0.409. The van der Waals surface area contributed by atoms with Crippen molar-refractivity contribution in [2.45, 2.75) is 13.8 Å². The number of hydrogen-bond acceptors (Lipinski definition) is 4. The van der Waals surface area contributed by atoms with E-state index in [0.29, 0.717) is 0 Å². The van der Waals surface area contributed by atoms with E-state index in [0.717, 1.165) is 5.69 Å². The second-order valence-corrected chi connectivity index (χ2v) is 3.03. The molecule has 0 unspecified atom stereocenters. The maximum Gasteiger partial charge on any atom is 0.148 e. The number of anilines is 1. The fourth-order valence-corrected chi connectivity index (χ4v) is 0.751. The first-order valence-electron chi connectivity index (χ1n) is 4.35. The van der Waals surface area contributed by atoms with Gasteiger partial charge in [0.1, 0.15) is 17.5 Å². The van der Waals surface area contributed by atoms with Gasteiger partial charge in [0.15, 0.2) is 0 Å². The maximum absolute atomic E-state index is 8.35. The highest BCUT2D eigenvalue weighted by atomic mass is 16.3. The molecule has 1 rings (SSSR count). The lowest BCUT2D eigenvalue weighted by Gasteiger charge is -1.91. The van der Waals surface area contributed by atoms with Crippen LogP contribution in [-0.4, -0.2) is 5.11 Å². The molecule has 4 nitrogen and oxygen atoms in total. The minimum Gasteiger partial charge on any atom is -0.510 e. The average Bonchev–Trinajstić information content (AvgIpc) is 2.17. The Kier molecular flexibility index (Phi) is 5.42. The van der Waals surface area contributed by atoms with E-state index in [1.807, 2.05) is 31.2 Å². The first kappa shape index (κ1) is 12.8. The molecule has 0 saturated heterocycles. The first-order valence-corrected chi connectivity index (χ1v) is 4.35. The number of nitrogen functional groups attached to an aromatic ring is 1. The Hall–Kier alpha value is -2.15. The number of nitrogens with zero attached hydrogens (tertiary/aromatic N) is 1. The molecule has 0 spiro atoms. The molecule has 0 radical (unpaired) electrons. The minimum absolute atomic E-state index is 0.123. The Morgan fingerprint density at radius 1 is 1.47 bits per heavy atom. The van der Waals surface area contributed by atoms with Crippen LogP contribution in [0.15, 0.2) is 35.7 Å². The molecule has 0 amide bonds. The third kappa shape index (κ3) is 5.99. The zero-order valence-electron chi connectivity index (χ0n) is 8.86. The smallest absolute Gasteiger partial charge is 0.148 e. The van der Waals surface area contributed by atoms with Gasteiger partial charge in [0.25, 0.3) is 0 Å². The van der Waals surface area contributed by atoms with Gasteiger partial charge in [-0.3, -0.25) is 0 Å². The van der Waals surface area contributed by atoms with Crippen LogP contribution >= 0.6 is 0 Å². The molecule has 0 bridgehead atoms. The monoisotopic (exact) mass is 205 g/mol. The van der Waals surface area contributed by atoms with Gasteiger partial charge >= 0.3 is 0 Å². The summed E-state index contributed by atoms with van der Waals surface area (Å²) < 4.78 is 0. The molecule has 0 aliphatic heterocycles. The third-order valence-corrected chi connectivity index (χ3v) is 1.55. The number of allylic oxidation sites excluding steroid dienone is 2. The van der Waals surface area contributed by atoms with Crippen LogP contribution in [0.25, 0.3) is 0 Å². The van der Waals surface area contributed by atoms with E-state index < -0.39 is 0 Å². The van der Waals surface area contributed by atoms with Crippen molar-refractivity contribution in [3.63, 3.8) is 0 Å². The van der Waals surface area contributed by atoms with Crippen LogP contribution in [0.3, 0.4) is 0 Å². The van der Waals surface area contributed by atoms with E-state index in [1.165, 1.54) is 12.5 Å². The number of rotatable bonds is 0. The molecule has 0 aromatic heterocycles. The highest BCUT2D eigenvalue weighted by molar-refractivity contribution is 5.39. The van der Waals surface area contributed by atoms with Gasteiger partial charge in [0, 0.05) is 5.69 Å². The van der Waals surface area contributed by atoms with Crippen molar-refractivity contribution in [3.05, 3.63) is 41.3 Å². The summed E-state index contributed by atoms with van der Waals surface area (Å²) in [5.74, 6) is -0.123. The molecule has 0 fully saturated rings. The summed E-state index contributed by atoms with van der Waals surface area (Å²) in [6.45, 7) is 3.38. The van der Waals surface area contributed by atoms with E-state index in [1.54, 1.807) is 6.07 Å². The number of nitriles is 1. The van der Waals surface area contributed by atoms with Gasteiger partial charge in [-0.1, -0.05) is 12.1 Å². The Bertz CT molecular complexity index is 370. The lowest BCUT2D eigenvalue weighted by Crippen LogP contribution is -1.95. The van der Waals surface area contributed by atoms with Crippen LogP contribution in [0.4, 0.5) is 5.69 Å². The Balaban J connectivity index is 0.000000265. The van der Waals surface area contributed by atoms with Gasteiger partial charge in [0.2, 0.25) is 0 Å². The summed E-state index contributed by atoms with van der Waals surface area (Å²) in [7, 11) is 0. The van der Waals surface area contributed by atoms with E-state index in [-0.39, 0.29) is 11.5 Å². The fraction of sp³-hybridized carbons (Fsp3) is 0.182. The summed E-state index contributed by atoms with van der Waals surface area (Å²) in [6, 6.07) is 9.37. The molecule has 0 saturated carbocycles. The molecular formula is C11H15N3O. The van der Waals surface area contributed by atoms with Crippen molar-refractivity contribution >= 4 is 5.69 Å². The van der Waals surface area contributed by atoms with Crippen LogP contribution in [-0.2, 0) is 0 Å². The Morgan fingerprint density at radius 3 is 2.27 bits per heavy atom. The predicted molar refractivity (Wildman–Crippen MR) is 60.7 cm³/mol. The summed E-state index contributed by atoms with van der Waals surface area (Å²) in [6.07, 6.45) is 0. The van der Waals surface area contributed by atoms with Gasteiger partial charge in [-0.25, -0.2) is 0 Å². The summed E-state index contributed by atoms with van der Waals surface area (Å²) in [4.78, 5) is 0. The van der Waals surface area contributed by atoms with Crippen LogP contribution < -0.4 is 11.5 Å². The van der Waals surface area contributed by atoms with Gasteiger partial charge < -0.3 is 16.6 Å². The molecule has 0 aliphatic carbocycles. The lowest BCUT2D eigenvalue weighted by atomic mass is 10.2. The molecule has 15 heavy (non-hydrogen) atoms. The summed E-state index contributed by atoms with van der Waals surface area (Å²) in [5, 5.41) is 16.3. The number of hydrogen-bond donors (Lipinski definition) is 3. The molecule has 80 valence electrons. The van der Waals surface area contributed by atoms with Gasteiger partial charge in [0.05, 0.1) is 0 Å². The van der Waals surface area contributed by atoms with E-state index in [9.17, 15) is 0 Å². The summed E-state index contributed by atoms with van der Waals surface area (Å²) >= 11 is 0. The zero-order valence-corrected chi connectivity index (χ0v) is 8.86. The summed E-state index contributed by atoms with van der Waals surface area (Å²) in [5.41, 5.74) is 12.3. The van der Waals surface area contributed by atoms with Gasteiger partial charge in [-0.2, -0.15) is 5.26 Å². The molecule has 1 aromatic carbocycles. The number of aliphatic hydroxyl groups is 1. The highest BCUT2D eigenvalue weighted by Crippen LogP contribution is 2.03. The van der Waals surface area contributed by atoms with Crippen molar-refractivity contribution in [1.29, 1.82) is 5.26 Å². The highest BCUT2D eigenvalue weighted by Gasteiger charge is 1.87. The largest absolute Gasteiger partial charge is 0.510 e. The fourth-order valence-electron chi connectivity index (χ4n) is 0.751. The van der Waals surface area contributed by atoms with Gasteiger partial charge in [-0.15, -0.1) is 0 Å². The second kappa shape index (κ2) is 6.33. The first-order chi connectivity index (χ1) is 6.97. The number of aryl methyl sites for hydroxylation is 1. The van der Waals surface area contributed by atoms with Crippen molar-refractivity contribution in [3.8, 4) is 6.07 Å². The molecular weight excluding hydrogens is 190 g/mol. The van der Waals surface area contributed by atoms with E-state index >= 15 is 0 Å². The Labute approximate surface area is 89.4 Å². The topological polar surface area (TPSA) is 96.1 Å². The normalized spacial score (nSPS) is 10.5. The predicted octanol–water partition coefficient (Wildman–Crippen LogP) is 1.84. The van der Waals surface area contributed by atoms with Crippen LogP contribution in [0.2, 0.25) is 0 Å². The minimum atomic E-state index is -0.125. The van der Waals surface area contributed by atoms with Crippen molar-refractivity contribution < 1.29 is 5.11 Å². The maximum atomic E-state index is 8.35.